The molecule has 1 unspecified atom stereocenters. The highest BCUT2D eigenvalue weighted by atomic mass is 16.5. The van der Waals surface area contributed by atoms with Gasteiger partial charge in [-0.25, -0.2) is 9.50 Å². The van der Waals surface area contributed by atoms with Crippen LogP contribution in [0.3, 0.4) is 0 Å². The average molecular weight is 746 g/mol. The third-order valence-corrected chi connectivity index (χ3v) is 10.6. The van der Waals surface area contributed by atoms with E-state index >= 15 is 0 Å². The maximum atomic E-state index is 13.3. The van der Waals surface area contributed by atoms with Gasteiger partial charge < -0.3 is 20.1 Å². The first-order chi connectivity index (χ1) is 27.0. The first kappa shape index (κ1) is 36.2. The number of carbonyl (C=O) groups excluding carboxylic acids is 3. The summed E-state index contributed by atoms with van der Waals surface area (Å²) < 4.78 is 16.1. The van der Waals surface area contributed by atoms with Crippen molar-refractivity contribution < 1.29 is 23.9 Å². The fourth-order valence-corrected chi connectivity index (χ4v) is 7.67. The number of fused-ring (bicyclic) bond motifs is 9. The number of unbranched alkanes of at least 4 members (excludes halogenated alkanes) is 5. The largest absolute Gasteiger partial charge is 0.493 e. The summed E-state index contributed by atoms with van der Waals surface area (Å²) in [5, 5.41) is 15.4. The summed E-state index contributed by atoms with van der Waals surface area (Å²) in [7, 11) is 0. The van der Waals surface area contributed by atoms with Crippen LogP contribution in [0.5, 0.6) is 11.5 Å². The smallest absolute Gasteiger partial charge is 0.266 e. The third-order valence-electron chi connectivity index (χ3n) is 10.6. The molecule has 2 aromatic carbocycles. The molecule has 1 atom stereocenters. The molecular formula is C41H47N9O5. The zero-order valence-corrected chi connectivity index (χ0v) is 31.0. The zero-order chi connectivity index (χ0) is 37.6. The Kier molecular flexibility index (Phi) is 11.0. The van der Waals surface area contributed by atoms with Gasteiger partial charge in [-0.15, -0.1) is 5.10 Å². The first-order valence-electron chi connectivity index (χ1n) is 19.5. The van der Waals surface area contributed by atoms with Crippen molar-refractivity contribution in [3.8, 4) is 22.8 Å². The van der Waals surface area contributed by atoms with Gasteiger partial charge in [-0.3, -0.25) is 28.9 Å². The van der Waals surface area contributed by atoms with Crippen molar-refractivity contribution in [1.29, 1.82) is 0 Å². The van der Waals surface area contributed by atoms with Gasteiger partial charge in [0.2, 0.25) is 11.9 Å². The zero-order valence-electron chi connectivity index (χ0n) is 31.0. The summed E-state index contributed by atoms with van der Waals surface area (Å²) in [5.41, 5.74) is 4.37. The summed E-state index contributed by atoms with van der Waals surface area (Å²) in [6.07, 6.45) is 14.1. The molecule has 14 heteroatoms. The standard InChI is InChI=1S/C41H47N9O5/c51-38-35(11-8-19-42-38)49-39(52)33-10-7-12-36(37(33)40(49)53)55-24-6-4-2-1-3-5-20-47-21-9-22-48-28-30(26-44-48)45-41-43-27-31-15-18-34(50(31)46-41)29-13-16-32(17-14-29)54-25-23-47/h7,10,12-18,26-28,35H,1-6,8-9,11,19-25H2,(H,42,51)(H,45,46). The number of aromatic nitrogens is 5. The highest BCUT2D eigenvalue weighted by Gasteiger charge is 2.45. The minimum Gasteiger partial charge on any atom is -0.493 e. The number of piperidine rings is 1. The lowest BCUT2D eigenvalue weighted by atomic mass is 10.1. The van der Waals surface area contributed by atoms with E-state index in [1.54, 1.807) is 18.2 Å². The Morgan fingerprint density at radius 1 is 0.855 bits per heavy atom. The Hall–Kier alpha value is -5.76. The Bertz CT molecular complexity index is 2150. The van der Waals surface area contributed by atoms with Crippen molar-refractivity contribution in [3.63, 3.8) is 0 Å². The van der Waals surface area contributed by atoms with E-state index in [1.165, 1.54) is 0 Å². The predicted molar refractivity (Wildman–Crippen MR) is 207 cm³/mol. The minimum atomic E-state index is -0.767. The molecule has 1 saturated heterocycles. The lowest BCUT2D eigenvalue weighted by Gasteiger charge is -2.28. The molecule has 3 amide bonds. The van der Waals surface area contributed by atoms with Gasteiger partial charge in [0.15, 0.2) is 0 Å². The number of imide groups is 1. The SMILES string of the molecule is O=C1NCCCC1N1C(=O)c2cccc(OCCCCCCCCN3CCCn4cc(cn4)Nc4ncc5ccc(n5n4)-c4ccc(cc4)OCC3)c2C1=O. The summed E-state index contributed by atoms with van der Waals surface area (Å²) >= 11 is 0. The molecule has 14 nitrogen and oxygen atoms in total. The number of hydrogen-bond acceptors (Lipinski definition) is 10. The third kappa shape index (κ3) is 8.19. The normalized spacial score (nSPS) is 17.7. The van der Waals surface area contributed by atoms with Crippen molar-refractivity contribution in [1.82, 2.24) is 39.5 Å². The van der Waals surface area contributed by atoms with E-state index in [4.69, 9.17) is 14.6 Å². The maximum absolute atomic E-state index is 13.3. The Morgan fingerprint density at radius 2 is 1.71 bits per heavy atom. The molecule has 5 aromatic rings. The summed E-state index contributed by atoms with van der Waals surface area (Å²) in [6.45, 7) is 5.22. The lowest BCUT2D eigenvalue weighted by Crippen LogP contribution is -2.52. The number of aryl methyl sites for hydroxylation is 1. The second kappa shape index (κ2) is 16.7. The molecular weight excluding hydrogens is 699 g/mol. The summed E-state index contributed by atoms with van der Waals surface area (Å²) in [4.78, 5) is 46.9. The van der Waals surface area contributed by atoms with Gasteiger partial charge in [-0.05, 0) is 87.2 Å². The van der Waals surface area contributed by atoms with Crippen molar-refractivity contribution in [2.24, 2.45) is 0 Å². The molecule has 55 heavy (non-hydrogen) atoms. The van der Waals surface area contributed by atoms with Crippen molar-refractivity contribution >= 4 is 34.9 Å². The van der Waals surface area contributed by atoms with Gasteiger partial charge in [0.1, 0.15) is 24.1 Å². The molecule has 0 aliphatic carbocycles. The molecule has 3 aromatic heterocycles. The van der Waals surface area contributed by atoms with Gasteiger partial charge in [-0.2, -0.15) is 5.10 Å². The minimum absolute atomic E-state index is 0.272. The molecule has 0 saturated carbocycles. The van der Waals surface area contributed by atoms with Crippen LogP contribution in [-0.2, 0) is 11.3 Å². The van der Waals surface area contributed by atoms with E-state index < -0.39 is 17.9 Å². The molecule has 7 heterocycles. The number of nitrogens with zero attached hydrogens (tertiary/aromatic N) is 7. The van der Waals surface area contributed by atoms with Crippen LogP contribution in [0.25, 0.3) is 16.8 Å². The quantitative estimate of drug-likeness (QED) is 0.127. The van der Waals surface area contributed by atoms with E-state index in [-0.39, 0.29) is 11.5 Å². The molecule has 0 spiro atoms. The van der Waals surface area contributed by atoms with Crippen molar-refractivity contribution in [3.05, 3.63) is 84.3 Å². The van der Waals surface area contributed by atoms with Gasteiger partial charge in [0.05, 0.1) is 47.0 Å². The Labute approximate surface area is 319 Å². The molecule has 1 fully saturated rings. The summed E-state index contributed by atoms with van der Waals surface area (Å²) in [6, 6.07) is 16.6. The van der Waals surface area contributed by atoms with Gasteiger partial charge in [-0.1, -0.05) is 31.7 Å². The topological polar surface area (TPSA) is 148 Å². The number of carbonyl (C=O) groups is 3. The molecule has 9 rings (SSSR count). The van der Waals surface area contributed by atoms with E-state index in [0.717, 1.165) is 111 Å². The molecule has 4 aliphatic rings. The maximum Gasteiger partial charge on any atom is 0.266 e. The van der Waals surface area contributed by atoms with Crippen LogP contribution < -0.4 is 20.1 Å². The molecule has 286 valence electrons. The molecule has 2 N–H and O–H groups in total. The predicted octanol–water partition coefficient (Wildman–Crippen LogP) is 5.72. The number of hydrogen-bond donors (Lipinski definition) is 2. The molecule has 0 radical (unpaired) electrons. The number of ether oxygens (including phenoxy) is 2. The number of rotatable bonds is 11. The number of benzene rings is 2. The Balaban J connectivity index is 0.791. The van der Waals surface area contributed by atoms with E-state index in [9.17, 15) is 14.4 Å². The second-order valence-electron chi connectivity index (χ2n) is 14.4. The fourth-order valence-electron chi connectivity index (χ4n) is 7.67. The van der Waals surface area contributed by atoms with Gasteiger partial charge in [0.25, 0.3) is 11.8 Å². The first-order valence-corrected chi connectivity index (χ1v) is 19.5. The van der Waals surface area contributed by atoms with Crippen LogP contribution in [0.2, 0.25) is 0 Å². The van der Waals surface area contributed by atoms with Crippen LogP contribution in [0, 0.1) is 0 Å². The monoisotopic (exact) mass is 745 g/mol. The van der Waals surface area contributed by atoms with E-state index in [1.807, 2.05) is 46.0 Å². The van der Waals surface area contributed by atoms with Crippen LogP contribution in [0.4, 0.5) is 11.6 Å². The van der Waals surface area contributed by atoms with Crippen LogP contribution >= 0.6 is 0 Å². The molecule has 6 bridgehead atoms. The van der Waals surface area contributed by atoms with Crippen molar-refractivity contribution in [2.45, 2.75) is 70.4 Å². The van der Waals surface area contributed by atoms with Crippen LogP contribution in [0.15, 0.2) is 73.2 Å². The van der Waals surface area contributed by atoms with E-state index in [0.29, 0.717) is 43.4 Å². The van der Waals surface area contributed by atoms with Gasteiger partial charge in [0, 0.05) is 37.9 Å². The lowest BCUT2D eigenvalue weighted by molar-refractivity contribution is -0.126. The second-order valence-corrected chi connectivity index (χ2v) is 14.4. The Morgan fingerprint density at radius 3 is 2.58 bits per heavy atom. The molecule has 4 aliphatic heterocycles. The summed E-state index contributed by atoms with van der Waals surface area (Å²) in [5.74, 6) is 0.626. The van der Waals surface area contributed by atoms with Crippen LogP contribution in [-0.4, -0.2) is 97.3 Å². The van der Waals surface area contributed by atoms with Gasteiger partial charge >= 0.3 is 0 Å². The van der Waals surface area contributed by atoms with E-state index in [2.05, 4.69) is 43.8 Å². The number of anilines is 2. The average Bonchev–Trinajstić information content (AvgIpc) is 3.90. The fraction of sp³-hybridized carbons (Fsp3) is 0.415. The van der Waals surface area contributed by atoms with Crippen molar-refractivity contribution in [2.75, 3.05) is 44.7 Å². The number of nitrogens with one attached hydrogen (secondary N) is 2. The highest BCUT2D eigenvalue weighted by molar-refractivity contribution is 6.24. The number of amides is 3. The van der Waals surface area contributed by atoms with Crippen LogP contribution in [0.1, 0.15) is 78.5 Å². The highest BCUT2D eigenvalue weighted by Crippen LogP contribution is 2.34.